The Morgan fingerprint density at radius 1 is 1.04 bits per heavy atom. The van der Waals surface area contributed by atoms with Crippen LogP contribution in [-0.4, -0.2) is 32.0 Å². The molecule has 1 amide bonds. The van der Waals surface area contributed by atoms with Gasteiger partial charge in [0.05, 0.1) is 12.1 Å². The smallest absolute Gasteiger partial charge is 0.492 e. The number of hydrogen-bond donors (Lipinski definition) is 1. The molecular formula is C19H16F3NO4. The van der Waals surface area contributed by atoms with E-state index in [4.69, 9.17) is 15.9 Å². The maximum absolute atomic E-state index is 12.2. The molecule has 142 valence electrons. The first-order chi connectivity index (χ1) is 12.9. The van der Waals surface area contributed by atoms with E-state index in [-0.39, 0.29) is 31.4 Å². The number of benzene rings is 2. The second-order valence-corrected chi connectivity index (χ2v) is 5.11. The van der Waals surface area contributed by atoms with Crippen molar-refractivity contribution in [2.75, 3.05) is 19.8 Å². The van der Waals surface area contributed by atoms with E-state index in [0.29, 0.717) is 17.1 Å². The monoisotopic (exact) mass is 379 g/mol. The number of amides is 1. The average molecular weight is 379 g/mol. The number of para-hydroxylation sites is 1. The van der Waals surface area contributed by atoms with Crippen molar-refractivity contribution < 1.29 is 32.2 Å². The zero-order valence-corrected chi connectivity index (χ0v) is 14.1. The molecule has 27 heavy (non-hydrogen) atoms. The van der Waals surface area contributed by atoms with Crippen molar-refractivity contribution in [2.24, 2.45) is 0 Å². The zero-order valence-electron chi connectivity index (χ0n) is 14.1. The van der Waals surface area contributed by atoms with Crippen LogP contribution < -0.4 is 19.5 Å². The number of nitrogens with one attached hydrogen (secondary N) is 1. The SMILES string of the molecule is C#CCOc1ccccc1C(=O)NCCOc1ccc(OC(F)(F)F)cc1. The lowest BCUT2D eigenvalue weighted by molar-refractivity contribution is -0.274. The molecule has 0 unspecified atom stereocenters. The molecule has 0 spiro atoms. The van der Waals surface area contributed by atoms with Gasteiger partial charge in [0.15, 0.2) is 0 Å². The molecule has 0 radical (unpaired) electrons. The van der Waals surface area contributed by atoms with Gasteiger partial charge in [0.2, 0.25) is 0 Å². The van der Waals surface area contributed by atoms with Crippen molar-refractivity contribution in [2.45, 2.75) is 6.36 Å². The van der Waals surface area contributed by atoms with Crippen LogP contribution in [-0.2, 0) is 0 Å². The number of rotatable bonds is 8. The van der Waals surface area contributed by atoms with Gasteiger partial charge >= 0.3 is 6.36 Å². The maximum Gasteiger partial charge on any atom is 0.573 e. The number of terminal acetylenes is 1. The minimum absolute atomic E-state index is 0.0431. The molecule has 1 N–H and O–H groups in total. The highest BCUT2D eigenvalue weighted by Gasteiger charge is 2.30. The quantitative estimate of drug-likeness (QED) is 0.564. The van der Waals surface area contributed by atoms with Gasteiger partial charge in [0.1, 0.15) is 30.5 Å². The molecule has 0 saturated carbocycles. The highest BCUT2D eigenvalue weighted by Crippen LogP contribution is 2.24. The summed E-state index contributed by atoms with van der Waals surface area (Å²) < 4.78 is 50.7. The van der Waals surface area contributed by atoms with Crippen LogP contribution in [0.5, 0.6) is 17.2 Å². The third-order valence-corrected chi connectivity index (χ3v) is 3.16. The van der Waals surface area contributed by atoms with Crippen LogP contribution in [0.3, 0.4) is 0 Å². The topological polar surface area (TPSA) is 56.8 Å². The minimum atomic E-state index is -4.74. The van der Waals surface area contributed by atoms with Crippen molar-refractivity contribution in [3.63, 3.8) is 0 Å². The Morgan fingerprint density at radius 3 is 2.37 bits per heavy atom. The van der Waals surface area contributed by atoms with Gasteiger partial charge in [-0.15, -0.1) is 19.6 Å². The number of ether oxygens (including phenoxy) is 3. The number of hydrogen-bond acceptors (Lipinski definition) is 4. The molecule has 5 nitrogen and oxygen atoms in total. The van der Waals surface area contributed by atoms with E-state index < -0.39 is 6.36 Å². The predicted molar refractivity (Wildman–Crippen MR) is 91.7 cm³/mol. The summed E-state index contributed by atoms with van der Waals surface area (Å²) in [7, 11) is 0. The summed E-state index contributed by atoms with van der Waals surface area (Å²) in [5.41, 5.74) is 0.335. The number of halogens is 3. The summed E-state index contributed by atoms with van der Waals surface area (Å²) in [5.74, 6) is 2.34. The summed E-state index contributed by atoms with van der Waals surface area (Å²) in [6.45, 7) is 0.350. The second-order valence-electron chi connectivity index (χ2n) is 5.11. The molecule has 0 atom stereocenters. The van der Waals surface area contributed by atoms with E-state index in [9.17, 15) is 18.0 Å². The first-order valence-corrected chi connectivity index (χ1v) is 7.81. The van der Waals surface area contributed by atoms with Crippen LogP contribution in [0.1, 0.15) is 10.4 Å². The number of alkyl halides is 3. The highest BCUT2D eigenvalue weighted by molar-refractivity contribution is 5.96. The zero-order chi connectivity index (χ0) is 19.7. The first kappa shape index (κ1) is 20.0. The van der Waals surface area contributed by atoms with Crippen molar-refractivity contribution in [1.82, 2.24) is 5.32 Å². The van der Waals surface area contributed by atoms with Crippen LogP contribution >= 0.6 is 0 Å². The molecule has 2 rings (SSSR count). The molecule has 0 bridgehead atoms. The molecule has 0 aliphatic carbocycles. The largest absolute Gasteiger partial charge is 0.573 e. The van der Waals surface area contributed by atoms with Crippen LogP contribution in [0, 0.1) is 12.3 Å². The van der Waals surface area contributed by atoms with Gasteiger partial charge in [0.25, 0.3) is 5.91 Å². The Bertz CT molecular complexity index is 798. The molecule has 8 heteroatoms. The molecular weight excluding hydrogens is 363 g/mol. The van der Waals surface area contributed by atoms with E-state index in [1.165, 1.54) is 12.1 Å². The molecule has 2 aromatic carbocycles. The lowest BCUT2D eigenvalue weighted by Crippen LogP contribution is -2.28. The molecule has 0 aliphatic heterocycles. The van der Waals surface area contributed by atoms with Crippen molar-refractivity contribution in [1.29, 1.82) is 0 Å². The second kappa shape index (κ2) is 9.38. The average Bonchev–Trinajstić information content (AvgIpc) is 2.63. The van der Waals surface area contributed by atoms with Gasteiger partial charge in [0, 0.05) is 0 Å². The van der Waals surface area contributed by atoms with Crippen molar-refractivity contribution in [3.8, 4) is 29.6 Å². The Labute approximate surface area is 154 Å². The van der Waals surface area contributed by atoms with Gasteiger partial charge in [-0.05, 0) is 36.4 Å². The van der Waals surface area contributed by atoms with Crippen LogP contribution in [0.4, 0.5) is 13.2 Å². The van der Waals surface area contributed by atoms with Gasteiger partial charge in [-0.25, -0.2) is 0 Å². The Morgan fingerprint density at radius 2 is 1.70 bits per heavy atom. The summed E-state index contributed by atoms with van der Waals surface area (Å²) in [4.78, 5) is 12.2. The molecule has 0 aliphatic rings. The Balaban J connectivity index is 1.80. The maximum atomic E-state index is 12.2. The van der Waals surface area contributed by atoms with Gasteiger partial charge in [-0.3, -0.25) is 4.79 Å². The molecule has 2 aromatic rings. The Kier molecular flexibility index (Phi) is 6.94. The minimum Gasteiger partial charge on any atom is -0.492 e. The van der Waals surface area contributed by atoms with Crippen LogP contribution in [0.25, 0.3) is 0 Å². The fourth-order valence-electron chi connectivity index (χ4n) is 2.07. The van der Waals surface area contributed by atoms with Crippen LogP contribution in [0.2, 0.25) is 0 Å². The molecule has 0 aromatic heterocycles. The highest BCUT2D eigenvalue weighted by atomic mass is 19.4. The molecule has 0 saturated heterocycles. The lowest BCUT2D eigenvalue weighted by atomic mass is 10.2. The van der Waals surface area contributed by atoms with Crippen molar-refractivity contribution >= 4 is 5.91 Å². The summed E-state index contributed by atoms with van der Waals surface area (Å²) >= 11 is 0. The first-order valence-electron chi connectivity index (χ1n) is 7.81. The number of carbonyl (C=O) groups excluding carboxylic acids is 1. The van der Waals surface area contributed by atoms with Gasteiger partial charge < -0.3 is 19.5 Å². The van der Waals surface area contributed by atoms with E-state index >= 15 is 0 Å². The third-order valence-electron chi connectivity index (χ3n) is 3.16. The third kappa shape index (κ3) is 6.82. The molecule has 0 fully saturated rings. The van der Waals surface area contributed by atoms with E-state index in [2.05, 4.69) is 16.0 Å². The lowest BCUT2D eigenvalue weighted by Gasteiger charge is -2.11. The van der Waals surface area contributed by atoms with E-state index in [1.54, 1.807) is 24.3 Å². The van der Waals surface area contributed by atoms with Gasteiger partial charge in [-0.1, -0.05) is 18.1 Å². The summed E-state index contributed by atoms with van der Waals surface area (Å²) in [5, 5.41) is 2.66. The Hall–Kier alpha value is -3.34. The fraction of sp³-hybridized carbons (Fsp3) is 0.211. The van der Waals surface area contributed by atoms with Crippen LogP contribution in [0.15, 0.2) is 48.5 Å². The van der Waals surface area contributed by atoms with Crippen molar-refractivity contribution in [3.05, 3.63) is 54.1 Å². The van der Waals surface area contributed by atoms with Gasteiger partial charge in [-0.2, -0.15) is 0 Å². The summed E-state index contributed by atoms with van der Waals surface area (Å²) in [6, 6.07) is 11.6. The summed E-state index contributed by atoms with van der Waals surface area (Å²) in [6.07, 6.45) is 0.397. The normalized spacial score (nSPS) is 10.6. The predicted octanol–water partition coefficient (Wildman–Crippen LogP) is 3.41. The fourth-order valence-corrected chi connectivity index (χ4v) is 2.07. The standard InChI is InChI=1S/C19H16F3NO4/c1-2-12-26-17-6-4-3-5-16(17)18(24)23-11-13-25-14-7-9-15(10-8-14)27-19(20,21)22/h1,3-10H,11-13H2,(H,23,24). The molecule has 0 heterocycles. The van der Waals surface area contributed by atoms with E-state index in [0.717, 1.165) is 12.1 Å². The van der Waals surface area contributed by atoms with E-state index in [1.807, 2.05) is 0 Å². The number of carbonyl (C=O) groups is 1.